The molecule has 0 aromatic heterocycles. The Morgan fingerprint density at radius 2 is 1.69 bits per heavy atom. The largest absolute Gasteiger partial charge is 0.456 e. The molecule has 0 unspecified atom stereocenters. The summed E-state index contributed by atoms with van der Waals surface area (Å²) >= 11 is 5.50. The van der Waals surface area contributed by atoms with Crippen LogP contribution in [0.3, 0.4) is 0 Å². The molecule has 1 amide bonds. The van der Waals surface area contributed by atoms with Crippen LogP contribution in [0.15, 0.2) is 42.5 Å². The highest BCUT2D eigenvalue weighted by atomic mass is 35.5. The Bertz CT molecular complexity index is 911. The van der Waals surface area contributed by atoms with Crippen LogP contribution in [0.1, 0.15) is 34.3 Å². The lowest BCUT2D eigenvalue weighted by atomic mass is 10.1. The van der Waals surface area contributed by atoms with E-state index < -0.39 is 35.2 Å². The van der Waals surface area contributed by atoms with Gasteiger partial charge in [-0.1, -0.05) is 41.4 Å². The number of halogens is 4. The first-order valence-electron chi connectivity index (χ1n) is 8.48. The predicted octanol–water partition coefficient (Wildman–Crippen LogP) is 4.81. The molecule has 0 atom stereocenters. The molecule has 0 heterocycles. The molecule has 0 saturated carbocycles. The van der Waals surface area contributed by atoms with Gasteiger partial charge in [-0.3, -0.25) is 14.4 Å². The SMILES string of the molecule is Cc1ccc(C(=O)CCC(=O)OCC(=O)Nc2ccc(Cl)c(C(F)(F)F)c2)cc1. The second kappa shape index (κ2) is 9.56. The molecule has 29 heavy (non-hydrogen) atoms. The van der Waals surface area contributed by atoms with Crippen LogP contribution in [0, 0.1) is 6.92 Å². The van der Waals surface area contributed by atoms with E-state index in [1.165, 1.54) is 6.07 Å². The topological polar surface area (TPSA) is 72.5 Å². The van der Waals surface area contributed by atoms with Gasteiger partial charge in [0.1, 0.15) is 0 Å². The molecular weight excluding hydrogens is 411 g/mol. The third kappa shape index (κ3) is 6.90. The number of anilines is 1. The van der Waals surface area contributed by atoms with E-state index in [-0.39, 0.29) is 24.3 Å². The predicted molar refractivity (Wildman–Crippen MR) is 101 cm³/mol. The number of aryl methyl sites for hydroxylation is 1. The van der Waals surface area contributed by atoms with E-state index in [4.69, 9.17) is 16.3 Å². The van der Waals surface area contributed by atoms with Crippen LogP contribution in [0.4, 0.5) is 18.9 Å². The van der Waals surface area contributed by atoms with Crippen molar-refractivity contribution < 1.29 is 32.3 Å². The molecule has 2 aromatic rings. The number of rotatable bonds is 7. The van der Waals surface area contributed by atoms with Crippen molar-refractivity contribution in [2.24, 2.45) is 0 Å². The Hall–Kier alpha value is -2.87. The first-order chi connectivity index (χ1) is 13.6. The number of carbonyl (C=O) groups is 3. The molecule has 2 rings (SSSR count). The molecule has 154 valence electrons. The molecule has 0 aliphatic heterocycles. The highest BCUT2D eigenvalue weighted by molar-refractivity contribution is 6.31. The van der Waals surface area contributed by atoms with E-state index in [1.54, 1.807) is 24.3 Å². The second-order valence-corrected chi connectivity index (χ2v) is 6.60. The average Bonchev–Trinajstić information content (AvgIpc) is 2.65. The second-order valence-electron chi connectivity index (χ2n) is 6.19. The third-order valence-corrected chi connectivity index (χ3v) is 4.18. The Morgan fingerprint density at radius 3 is 2.31 bits per heavy atom. The molecule has 0 aliphatic rings. The minimum Gasteiger partial charge on any atom is -0.456 e. The molecule has 1 N–H and O–H groups in total. The van der Waals surface area contributed by atoms with E-state index in [1.807, 2.05) is 6.92 Å². The fraction of sp³-hybridized carbons (Fsp3) is 0.250. The maximum Gasteiger partial charge on any atom is 0.417 e. The summed E-state index contributed by atoms with van der Waals surface area (Å²) < 4.78 is 43.2. The monoisotopic (exact) mass is 427 g/mol. The van der Waals surface area contributed by atoms with Crippen molar-refractivity contribution in [3.05, 3.63) is 64.2 Å². The van der Waals surface area contributed by atoms with E-state index >= 15 is 0 Å². The number of Topliss-reactive ketones (excluding diaryl/α,β-unsaturated/α-hetero) is 1. The normalized spacial score (nSPS) is 11.1. The van der Waals surface area contributed by atoms with Gasteiger partial charge in [0.2, 0.25) is 0 Å². The van der Waals surface area contributed by atoms with Crippen LogP contribution in [0.25, 0.3) is 0 Å². The molecule has 5 nitrogen and oxygen atoms in total. The first-order valence-corrected chi connectivity index (χ1v) is 8.86. The average molecular weight is 428 g/mol. The number of hydrogen-bond acceptors (Lipinski definition) is 4. The molecule has 0 spiro atoms. The highest BCUT2D eigenvalue weighted by Crippen LogP contribution is 2.36. The number of hydrogen-bond donors (Lipinski definition) is 1. The zero-order valence-corrected chi connectivity index (χ0v) is 16.1. The zero-order valence-electron chi connectivity index (χ0n) is 15.3. The molecule has 0 bridgehead atoms. The smallest absolute Gasteiger partial charge is 0.417 e. The van der Waals surface area contributed by atoms with Crippen LogP contribution >= 0.6 is 11.6 Å². The van der Waals surface area contributed by atoms with Crippen molar-refractivity contribution in [3.8, 4) is 0 Å². The van der Waals surface area contributed by atoms with Crippen molar-refractivity contribution in [1.29, 1.82) is 0 Å². The zero-order chi connectivity index (χ0) is 21.6. The summed E-state index contributed by atoms with van der Waals surface area (Å²) in [7, 11) is 0. The Balaban J connectivity index is 1.81. The van der Waals surface area contributed by atoms with Gasteiger partial charge >= 0.3 is 12.1 Å². The number of amides is 1. The molecule has 9 heteroatoms. The highest BCUT2D eigenvalue weighted by Gasteiger charge is 2.33. The van der Waals surface area contributed by atoms with Gasteiger partial charge in [0.05, 0.1) is 17.0 Å². The molecule has 2 aromatic carbocycles. The molecule has 0 saturated heterocycles. The van der Waals surface area contributed by atoms with Crippen LogP contribution < -0.4 is 5.32 Å². The van der Waals surface area contributed by atoms with Gasteiger partial charge in [0.25, 0.3) is 5.91 Å². The number of ketones is 1. The third-order valence-electron chi connectivity index (χ3n) is 3.85. The van der Waals surface area contributed by atoms with Gasteiger partial charge in [-0.25, -0.2) is 0 Å². The summed E-state index contributed by atoms with van der Waals surface area (Å²) in [6.07, 6.45) is -4.98. The van der Waals surface area contributed by atoms with Crippen LogP contribution in [0.5, 0.6) is 0 Å². The van der Waals surface area contributed by atoms with E-state index in [9.17, 15) is 27.6 Å². The first kappa shape index (κ1) is 22.4. The van der Waals surface area contributed by atoms with Crippen molar-refractivity contribution in [2.75, 3.05) is 11.9 Å². The fourth-order valence-electron chi connectivity index (χ4n) is 2.33. The number of carbonyl (C=O) groups excluding carboxylic acids is 3. The number of nitrogens with one attached hydrogen (secondary N) is 1. The summed E-state index contributed by atoms with van der Waals surface area (Å²) in [5.41, 5.74) is 0.222. The Kier molecular flexibility index (Phi) is 7.39. The van der Waals surface area contributed by atoms with E-state index in [2.05, 4.69) is 5.32 Å². The van der Waals surface area contributed by atoms with Gasteiger partial charge < -0.3 is 10.1 Å². The maximum atomic E-state index is 12.8. The number of benzene rings is 2. The molecule has 0 radical (unpaired) electrons. The summed E-state index contributed by atoms with van der Waals surface area (Å²) in [5, 5.41) is 1.69. The van der Waals surface area contributed by atoms with Gasteiger partial charge in [-0.05, 0) is 25.1 Å². The maximum absolute atomic E-state index is 12.8. The van der Waals surface area contributed by atoms with Crippen LogP contribution in [-0.2, 0) is 20.5 Å². The fourth-order valence-corrected chi connectivity index (χ4v) is 2.56. The lowest BCUT2D eigenvalue weighted by Gasteiger charge is -2.12. The number of esters is 1. The lowest BCUT2D eigenvalue weighted by Crippen LogP contribution is -2.21. The molecule has 0 fully saturated rings. The summed E-state index contributed by atoms with van der Waals surface area (Å²) in [6, 6.07) is 9.73. The Labute approximate surface area is 169 Å². The van der Waals surface area contributed by atoms with Gasteiger partial charge in [0.15, 0.2) is 12.4 Å². The minimum absolute atomic E-state index is 0.0877. The van der Waals surface area contributed by atoms with Crippen molar-refractivity contribution >= 4 is 34.9 Å². The molecule has 0 aliphatic carbocycles. The minimum atomic E-state index is -4.67. The van der Waals surface area contributed by atoms with Crippen molar-refractivity contribution in [1.82, 2.24) is 0 Å². The summed E-state index contributed by atoms with van der Waals surface area (Å²) in [6.45, 7) is 1.19. The van der Waals surface area contributed by atoms with Crippen LogP contribution in [0.2, 0.25) is 5.02 Å². The quantitative estimate of drug-likeness (QED) is 0.508. The van der Waals surface area contributed by atoms with Gasteiger partial charge in [-0.2, -0.15) is 13.2 Å². The molecular formula is C20H17ClF3NO4. The summed E-state index contributed by atoms with van der Waals surface area (Å²) in [5.74, 6) is -1.83. The van der Waals surface area contributed by atoms with Crippen LogP contribution in [-0.4, -0.2) is 24.3 Å². The van der Waals surface area contributed by atoms with Crippen molar-refractivity contribution in [2.45, 2.75) is 25.9 Å². The number of alkyl halides is 3. The van der Waals surface area contributed by atoms with E-state index in [0.717, 1.165) is 11.6 Å². The summed E-state index contributed by atoms with van der Waals surface area (Å²) in [4.78, 5) is 35.5. The Morgan fingerprint density at radius 1 is 1.03 bits per heavy atom. The lowest BCUT2D eigenvalue weighted by molar-refractivity contribution is -0.147. The standard InChI is InChI=1S/C20H17ClF3NO4/c1-12-2-4-13(5-3-12)17(26)8-9-19(28)29-11-18(27)25-14-6-7-16(21)15(10-14)20(22,23)24/h2-7,10H,8-9,11H2,1H3,(H,25,27). The van der Waals surface area contributed by atoms with Gasteiger partial charge in [-0.15, -0.1) is 0 Å². The van der Waals surface area contributed by atoms with Gasteiger partial charge in [0, 0.05) is 17.7 Å². The van der Waals surface area contributed by atoms with Crippen molar-refractivity contribution in [3.63, 3.8) is 0 Å². The van der Waals surface area contributed by atoms with E-state index in [0.29, 0.717) is 11.6 Å². The number of ether oxygens (including phenoxy) is 1.